The lowest BCUT2D eigenvalue weighted by Crippen LogP contribution is -2.09. The van der Waals surface area contributed by atoms with Crippen molar-refractivity contribution in [2.75, 3.05) is 14.2 Å². The van der Waals surface area contributed by atoms with Crippen molar-refractivity contribution in [3.63, 3.8) is 0 Å². The van der Waals surface area contributed by atoms with Gasteiger partial charge in [0.2, 0.25) is 0 Å². The van der Waals surface area contributed by atoms with Crippen molar-refractivity contribution in [2.45, 2.75) is 13.8 Å². The van der Waals surface area contributed by atoms with Crippen molar-refractivity contribution in [1.82, 2.24) is 0 Å². The molecule has 1 rings (SSSR count). The van der Waals surface area contributed by atoms with Crippen LogP contribution in [0.1, 0.15) is 24.2 Å². The molecule has 1 aromatic rings. The molecule has 0 saturated carbocycles. The highest BCUT2D eigenvalue weighted by atomic mass is 79.9. The largest absolute Gasteiger partial charge is 0.493 e. The fourth-order valence-electron chi connectivity index (χ4n) is 1.39. The number of rotatable bonds is 4. The number of ketones is 1. The van der Waals surface area contributed by atoms with E-state index in [1.165, 1.54) is 0 Å². The number of carbonyl (C=O) groups excluding carboxylic acids is 1. The fraction of sp³-hybridized carbons (Fsp3) is 0.417. The molecular formula is C12H15BrO3. The number of carbonyl (C=O) groups is 1. The van der Waals surface area contributed by atoms with Crippen LogP contribution in [-0.2, 0) is 0 Å². The van der Waals surface area contributed by atoms with Crippen LogP contribution in [-0.4, -0.2) is 20.0 Å². The average molecular weight is 287 g/mol. The summed E-state index contributed by atoms with van der Waals surface area (Å²) in [6.07, 6.45) is 0. The third kappa shape index (κ3) is 2.38. The third-order valence-corrected chi connectivity index (χ3v) is 3.06. The van der Waals surface area contributed by atoms with E-state index in [9.17, 15) is 4.79 Å². The lowest BCUT2D eigenvalue weighted by Gasteiger charge is -2.13. The molecule has 0 fully saturated rings. The Morgan fingerprint density at radius 3 is 2.31 bits per heavy atom. The van der Waals surface area contributed by atoms with E-state index in [1.54, 1.807) is 26.4 Å². The second kappa shape index (κ2) is 5.34. The molecule has 88 valence electrons. The molecule has 0 radical (unpaired) electrons. The van der Waals surface area contributed by atoms with Gasteiger partial charge in [-0.3, -0.25) is 4.79 Å². The summed E-state index contributed by atoms with van der Waals surface area (Å²) in [5.41, 5.74) is 0.618. The zero-order valence-electron chi connectivity index (χ0n) is 9.83. The molecule has 1 aromatic carbocycles. The van der Waals surface area contributed by atoms with Gasteiger partial charge in [0.05, 0.1) is 18.7 Å². The Hall–Kier alpha value is -1.03. The molecule has 0 aliphatic heterocycles. The molecular weight excluding hydrogens is 272 g/mol. The van der Waals surface area contributed by atoms with E-state index >= 15 is 0 Å². The summed E-state index contributed by atoms with van der Waals surface area (Å²) in [5.74, 6) is 1.19. The van der Waals surface area contributed by atoms with Gasteiger partial charge >= 0.3 is 0 Å². The molecule has 0 bridgehead atoms. The molecule has 0 N–H and O–H groups in total. The van der Waals surface area contributed by atoms with Gasteiger partial charge in [-0.15, -0.1) is 0 Å². The van der Waals surface area contributed by atoms with Gasteiger partial charge in [0.1, 0.15) is 0 Å². The van der Waals surface area contributed by atoms with Crippen LogP contribution in [0.2, 0.25) is 0 Å². The monoisotopic (exact) mass is 286 g/mol. The molecule has 0 amide bonds. The first-order valence-electron chi connectivity index (χ1n) is 4.97. The van der Waals surface area contributed by atoms with Gasteiger partial charge < -0.3 is 9.47 Å². The second-order valence-electron chi connectivity index (χ2n) is 3.68. The number of benzene rings is 1. The number of halogens is 1. The molecule has 0 unspecified atom stereocenters. The van der Waals surface area contributed by atoms with E-state index < -0.39 is 0 Å². The first-order valence-corrected chi connectivity index (χ1v) is 5.76. The molecule has 3 nitrogen and oxygen atoms in total. The Morgan fingerprint density at radius 1 is 1.25 bits per heavy atom. The van der Waals surface area contributed by atoms with E-state index in [0.29, 0.717) is 21.5 Å². The summed E-state index contributed by atoms with van der Waals surface area (Å²) >= 11 is 3.38. The van der Waals surface area contributed by atoms with Gasteiger partial charge in [-0.25, -0.2) is 0 Å². The second-order valence-corrected chi connectivity index (χ2v) is 4.47. The molecule has 0 heterocycles. The summed E-state index contributed by atoms with van der Waals surface area (Å²) in [5, 5.41) is 0. The first-order chi connectivity index (χ1) is 7.52. The van der Waals surface area contributed by atoms with Crippen LogP contribution in [0.3, 0.4) is 0 Å². The van der Waals surface area contributed by atoms with E-state index in [2.05, 4.69) is 15.9 Å². The highest BCUT2D eigenvalue weighted by Gasteiger charge is 2.19. The van der Waals surface area contributed by atoms with Crippen molar-refractivity contribution in [2.24, 2.45) is 5.92 Å². The van der Waals surface area contributed by atoms with E-state index in [1.807, 2.05) is 13.8 Å². The zero-order chi connectivity index (χ0) is 12.3. The van der Waals surface area contributed by atoms with Crippen molar-refractivity contribution >= 4 is 21.7 Å². The van der Waals surface area contributed by atoms with Gasteiger partial charge in [0, 0.05) is 11.5 Å². The first kappa shape index (κ1) is 13.0. The summed E-state index contributed by atoms with van der Waals surface area (Å²) in [6, 6.07) is 3.48. The Balaban J connectivity index is 3.29. The molecule has 0 spiro atoms. The lowest BCUT2D eigenvalue weighted by molar-refractivity contribution is 0.0938. The van der Waals surface area contributed by atoms with Crippen LogP contribution in [0.5, 0.6) is 11.5 Å². The Bertz CT molecular complexity index is 399. The van der Waals surface area contributed by atoms with Crippen LogP contribution in [0.25, 0.3) is 0 Å². The molecule has 16 heavy (non-hydrogen) atoms. The molecule has 4 heteroatoms. The minimum Gasteiger partial charge on any atom is -0.493 e. The molecule has 0 saturated heterocycles. The maximum absolute atomic E-state index is 11.9. The third-order valence-electron chi connectivity index (χ3n) is 2.27. The Labute approximate surface area is 104 Å². The number of methoxy groups -OCH3 is 2. The standard InChI is InChI=1S/C12H15BrO3/c1-7(2)11(14)8-5-6-9(15-3)12(16-4)10(8)13/h5-7H,1-4H3. The quantitative estimate of drug-likeness (QED) is 0.797. The maximum atomic E-state index is 11.9. The average Bonchev–Trinajstić information content (AvgIpc) is 2.27. The molecule has 0 aliphatic rings. The SMILES string of the molecule is COc1ccc(C(=O)C(C)C)c(Br)c1OC. The number of ether oxygens (including phenoxy) is 2. The Kier molecular flexibility index (Phi) is 4.35. The van der Waals surface area contributed by atoms with Crippen molar-refractivity contribution in [1.29, 1.82) is 0 Å². The van der Waals surface area contributed by atoms with E-state index in [4.69, 9.17) is 9.47 Å². The predicted octanol–water partition coefficient (Wildman–Crippen LogP) is 3.31. The van der Waals surface area contributed by atoms with Crippen molar-refractivity contribution in [3.8, 4) is 11.5 Å². The Morgan fingerprint density at radius 2 is 1.88 bits per heavy atom. The van der Waals surface area contributed by atoms with Gasteiger partial charge in [0.15, 0.2) is 17.3 Å². The minimum absolute atomic E-state index is 0.0469. The molecule has 0 aliphatic carbocycles. The number of Topliss-reactive ketones (excluding diaryl/α,β-unsaturated/α-hetero) is 1. The van der Waals surface area contributed by atoms with Crippen LogP contribution >= 0.6 is 15.9 Å². The van der Waals surface area contributed by atoms with Crippen molar-refractivity contribution in [3.05, 3.63) is 22.2 Å². The van der Waals surface area contributed by atoms with Crippen molar-refractivity contribution < 1.29 is 14.3 Å². The van der Waals surface area contributed by atoms with Crippen LogP contribution in [0.4, 0.5) is 0 Å². The highest BCUT2D eigenvalue weighted by molar-refractivity contribution is 9.10. The summed E-state index contributed by atoms with van der Waals surface area (Å²) in [7, 11) is 3.11. The van der Waals surface area contributed by atoms with Gasteiger partial charge in [-0.05, 0) is 28.1 Å². The summed E-state index contributed by atoms with van der Waals surface area (Å²) in [4.78, 5) is 11.9. The van der Waals surface area contributed by atoms with Crippen LogP contribution in [0, 0.1) is 5.92 Å². The lowest BCUT2D eigenvalue weighted by atomic mass is 10.0. The highest BCUT2D eigenvalue weighted by Crippen LogP contribution is 2.38. The fourth-order valence-corrected chi connectivity index (χ4v) is 2.08. The molecule has 0 aromatic heterocycles. The minimum atomic E-state index is -0.0469. The van der Waals surface area contributed by atoms with Gasteiger partial charge in [0.25, 0.3) is 0 Å². The van der Waals surface area contributed by atoms with Gasteiger partial charge in [-0.1, -0.05) is 13.8 Å². The van der Waals surface area contributed by atoms with E-state index in [0.717, 1.165) is 0 Å². The maximum Gasteiger partial charge on any atom is 0.175 e. The zero-order valence-corrected chi connectivity index (χ0v) is 11.4. The molecule has 0 atom stereocenters. The summed E-state index contributed by atoms with van der Waals surface area (Å²) < 4.78 is 11.0. The summed E-state index contributed by atoms with van der Waals surface area (Å²) in [6.45, 7) is 3.73. The van der Waals surface area contributed by atoms with Crippen LogP contribution in [0.15, 0.2) is 16.6 Å². The number of hydrogen-bond donors (Lipinski definition) is 0. The number of hydrogen-bond acceptors (Lipinski definition) is 3. The normalized spacial score (nSPS) is 10.4. The van der Waals surface area contributed by atoms with Crippen LogP contribution < -0.4 is 9.47 Å². The predicted molar refractivity (Wildman–Crippen MR) is 66.4 cm³/mol. The van der Waals surface area contributed by atoms with Gasteiger partial charge in [-0.2, -0.15) is 0 Å². The topological polar surface area (TPSA) is 35.5 Å². The smallest absolute Gasteiger partial charge is 0.175 e. The van der Waals surface area contributed by atoms with E-state index in [-0.39, 0.29) is 11.7 Å².